The molecule has 13 heavy (non-hydrogen) atoms. The first-order valence-electron chi connectivity index (χ1n) is 4.68. The monoisotopic (exact) mass is 224 g/mol. The van der Waals surface area contributed by atoms with Crippen LogP contribution in [0.5, 0.6) is 0 Å². The van der Waals surface area contributed by atoms with E-state index in [1.54, 1.807) is 0 Å². The second-order valence-corrected chi connectivity index (χ2v) is 5.95. The van der Waals surface area contributed by atoms with Gasteiger partial charge in [0.2, 0.25) is 0 Å². The zero-order valence-electron chi connectivity index (χ0n) is 8.87. The van der Waals surface area contributed by atoms with Crippen molar-refractivity contribution in [2.45, 2.75) is 31.6 Å². The van der Waals surface area contributed by atoms with Gasteiger partial charge in [-0.3, -0.25) is 0 Å². The topological polar surface area (TPSA) is 27.7 Å². The van der Waals surface area contributed by atoms with E-state index >= 15 is 0 Å². The van der Waals surface area contributed by atoms with Gasteiger partial charge in [0.05, 0.1) is 10.2 Å². The molecule has 0 aliphatic carbocycles. The van der Waals surface area contributed by atoms with Crippen LogP contribution in [0, 0.1) is 0 Å². The van der Waals surface area contributed by atoms with Crippen LogP contribution < -0.4 is 0 Å². The molecule has 0 spiro atoms. The van der Waals surface area contributed by atoms with Gasteiger partial charge in [0, 0.05) is 19.8 Å². The van der Waals surface area contributed by atoms with Crippen molar-refractivity contribution in [3.8, 4) is 0 Å². The molecule has 0 aliphatic rings. The lowest BCUT2D eigenvalue weighted by Gasteiger charge is -2.32. The molecule has 1 unspecified atom stereocenters. The Bertz CT molecular complexity index is 127. The summed E-state index contributed by atoms with van der Waals surface area (Å²) in [5.74, 6) is 0. The molecule has 0 saturated heterocycles. The number of ether oxygens (including phenoxy) is 3. The maximum Gasteiger partial charge on any atom is 0.191 e. The SMILES string of the molecule is CCOC(OCC)C([SiH3])(S)OCC. The van der Waals surface area contributed by atoms with Crippen LogP contribution in [-0.2, 0) is 14.2 Å². The van der Waals surface area contributed by atoms with E-state index in [-0.39, 0.29) is 6.29 Å². The lowest BCUT2D eigenvalue weighted by Crippen LogP contribution is -2.44. The fourth-order valence-corrected chi connectivity index (χ4v) is 1.92. The Morgan fingerprint density at radius 3 is 1.92 bits per heavy atom. The smallest absolute Gasteiger partial charge is 0.191 e. The molecule has 0 amide bonds. The average molecular weight is 224 g/mol. The Morgan fingerprint density at radius 1 is 1.15 bits per heavy atom. The predicted molar refractivity (Wildman–Crippen MR) is 60.3 cm³/mol. The highest BCUT2D eigenvalue weighted by Gasteiger charge is 2.32. The average Bonchev–Trinajstić information content (AvgIpc) is 2.04. The van der Waals surface area contributed by atoms with Crippen LogP contribution in [0.3, 0.4) is 0 Å². The first-order valence-corrected chi connectivity index (χ1v) is 6.12. The molecule has 5 heteroatoms. The van der Waals surface area contributed by atoms with Crippen molar-refractivity contribution in [1.82, 2.24) is 0 Å². The summed E-state index contributed by atoms with van der Waals surface area (Å²) in [6.07, 6.45) is -0.350. The molecule has 0 rings (SSSR count). The van der Waals surface area contributed by atoms with Crippen LogP contribution in [0.25, 0.3) is 0 Å². The minimum Gasteiger partial charge on any atom is -0.365 e. The van der Waals surface area contributed by atoms with Crippen molar-refractivity contribution < 1.29 is 14.2 Å². The zero-order valence-corrected chi connectivity index (χ0v) is 11.8. The molecule has 0 fully saturated rings. The Hall–Kier alpha value is 0.447. The molecule has 80 valence electrons. The summed E-state index contributed by atoms with van der Waals surface area (Å²) in [5.41, 5.74) is 0. The van der Waals surface area contributed by atoms with E-state index in [0.717, 1.165) is 10.2 Å². The molecule has 0 aliphatic heterocycles. The predicted octanol–water partition coefficient (Wildman–Crippen LogP) is 0.371. The third-order valence-corrected chi connectivity index (χ3v) is 2.61. The molecule has 0 heterocycles. The van der Waals surface area contributed by atoms with Crippen molar-refractivity contribution in [1.29, 1.82) is 0 Å². The highest BCUT2D eigenvalue weighted by molar-refractivity contribution is 7.83. The second kappa shape index (κ2) is 6.84. The minimum absolute atomic E-state index is 0.350. The normalized spacial score (nSPS) is 16.4. The summed E-state index contributed by atoms with van der Waals surface area (Å²) >= 11 is 4.42. The van der Waals surface area contributed by atoms with Gasteiger partial charge in [-0.25, -0.2) is 0 Å². The van der Waals surface area contributed by atoms with Crippen molar-refractivity contribution in [2.24, 2.45) is 0 Å². The maximum atomic E-state index is 5.47. The maximum absolute atomic E-state index is 5.47. The molecular weight excluding hydrogens is 204 g/mol. The minimum atomic E-state index is -0.541. The highest BCUT2D eigenvalue weighted by Crippen LogP contribution is 2.20. The largest absolute Gasteiger partial charge is 0.365 e. The number of rotatable bonds is 7. The molecule has 3 nitrogen and oxygen atoms in total. The third-order valence-electron chi connectivity index (χ3n) is 1.51. The zero-order chi connectivity index (χ0) is 10.3. The third kappa shape index (κ3) is 5.02. The first-order chi connectivity index (χ1) is 6.08. The molecule has 0 saturated carbocycles. The molecule has 0 aromatic carbocycles. The van der Waals surface area contributed by atoms with E-state index in [1.807, 2.05) is 20.8 Å². The number of hydrogen-bond donors (Lipinski definition) is 1. The Labute approximate surface area is 89.0 Å². The van der Waals surface area contributed by atoms with Crippen LogP contribution in [0.2, 0.25) is 0 Å². The molecule has 1 atom stereocenters. The van der Waals surface area contributed by atoms with Gasteiger partial charge >= 0.3 is 0 Å². The van der Waals surface area contributed by atoms with E-state index < -0.39 is 4.56 Å². The summed E-state index contributed by atoms with van der Waals surface area (Å²) in [5, 5.41) is 0. The van der Waals surface area contributed by atoms with Gasteiger partial charge in [-0.1, -0.05) is 0 Å². The van der Waals surface area contributed by atoms with Crippen LogP contribution in [0.4, 0.5) is 0 Å². The summed E-state index contributed by atoms with van der Waals surface area (Å²) in [6, 6.07) is 0. The van der Waals surface area contributed by atoms with E-state index in [4.69, 9.17) is 14.2 Å². The highest BCUT2D eigenvalue weighted by atomic mass is 32.1. The van der Waals surface area contributed by atoms with Crippen molar-refractivity contribution in [2.75, 3.05) is 19.8 Å². The fourth-order valence-electron chi connectivity index (χ4n) is 1.02. The quantitative estimate of drug-likeness (QED) is 0.385. The number of hydrogen-bond acceptors (Lipinski definition) is 4. The van der Waals surface area contributed by atoms with Crippen LogP contribution in [-0.4, -0.2) is 40.9 Å². The van der Waals surface area contributed by atoms with Gasteiger partial charge in [-0.05, 0) is 20.8 Å². The Morgan fingerprint density at radius 2 is 1.62 bits per heavy atom. The van der Waals surface area contributed by atoms with E-state index in [9.17, 15) is 0 Å². The first kappa shape index (κ1) is 13.4. The summed E-state index contributed by atoms with van der Waals surface area (Å²) < 4.78 is 15.8. The van der Waals surface area contributed by atoms with Crippen molar-refractivity contribution >= 4 is 22.9 Å². The van der Waals surface area contributed by atoms with Crippen LogP contribution in [0.15, 0.2) is 0 Å². The molecule has 0 aromatic rings. The molecule has 0 bridgehead atoms. The second-order valence-electron chi connectivity index (χ2n) is 2.73. The standard InChI is InChI=1S/C8H20O3SSi/c1-4-9-7(10-5-2)8(12,13)11-6-3/h7,12H,4-6H2,1-3,13H3. The van der Waals surface area contributed by atoms with Crippen molar-refractivity contribution in [3.05, 3.63) is 0 Å². The molecule has 0 N–H and O–H groups in total. The lowest BCUT2D eigenvalue weighted by molar-refractivity contribution is -0.190. The van der Waals surface area contributed by atoms with Gasteiger partial charge in [-0.15, -0.1) is 12.6 Å². The van der Waals surface area contributed by atoms with Crippen LogP contribution in [0.1, 0.15) is 20.8 Å². The fraction of sp³-hybridized carbons (Fsp3) is 1.00. The Balaban J connectivity index is 4.13. The Kier molecular flexibility index (Phi) is 7.07. The summed E-state index contributed by atoms with van der Waals surface area (Å²) in [7, 11) is 0.762. The van der Waals surface area contributed by atoms with E-state index in [1.165, 1.54) is 0 Å². The van der Waals surface area contributed by atoms with Gasteiger partial charge in [0.15, 0.2) is 6.29 Å². The van der Waals surface area contributed by atoms with Gasteiger partial charge in [0.1, 0.15) is 4.56 Å². The van der Waals surface area contributed by atoms with Gasteiger partial charge in [0.25, 0.3) is 0 Å². The summed E-state index contributed by atoms with van der Waals surface area (Å²) in [4.78, 5) is 0. The van der Waals surface area contributed by atoms with Crippen LogP contribution >= 0.6 is 12.6 Å². The molecule has 0 aromatic heterocycles. The van der Waals surface area contributed by atoms with Crippen molar-refractivity contribution in [3.63, 3.8) is 0 Å². The number of thiol groups is 1. The van der Waals surface area contributed by atoms with Gasteiger partial charge < -0.3 is 14.2 Å². The molecular formula is C8H20O3SSi. The van der Waals surface area contributed by atoms with Gasteiger partial charge in [-0.2, -0.15) is 0 Å². The van der Waals surface area contributed by atoms with E-state index in [2.05, 4.69) is 12.6 Å². The molecule has 0 radical (unpaired) electrons. The summed E-state index contributed by atoms with van der Waals surface area (Å²) in [6.45, 7) is 7.67. The lowest BCUT2D eigenvalue weighted by atomic mass is 10.6. The van der Waals surface area contributed by atoms with E-state index in [0.29, 0.717) is 19.8 Å².